The van der Waals surface area contributed by atoms with Crippen molar-refractivity contribution in [3.8, 4) is 0 Å². The fourth-order valence-electron chi connectivity index (χ4n) is 1.01. The molecular weight excluding hydrogens is 230 g/mol. The normalized spacial score (nSPS) is 13.5. The average Bonchev–Trinajstić information content (AvgIpc) is 2.50. The van der Waals surface area contributed by atoms with Crippen molar-refractivity contribution in [1.29, 1.82) is 0 Å². The van der Waals surface area contributed by atoms with Crippen molar-refractivity contribution in [2.75, 3.05) is 14.1 Å². The van der Waals surface area contributed by atoms with E-state index in [1.54, 1.807) is 0 Å². The molecule has 0 saturated heterocycles. The van der Waals surface area contributed by atoms with Gasteiger partial charge in [-0.2, -0.15) is 0 Å². The van der Waals surface area contributed by atoms with E-state index in [1.165, 1.54) is 24.6 Å². The number of aromatic nitrogens is 2. The molecule has 0 atom stereocenters. The van der Waals surface area contributed by atoms with Gasteiger partial charge in [0.05, 0.1) is 11.6 Å². The molecule has 0 aliphatic carbocycles. The zero-order valence-corrected chi connectivity index (χ0v) is 11.5. The maximum absolute atomic E-state index is 11.7. The summed E-state index contributed by atoms with van der Waals surface area (Å²) in [5, 5.41) is 0.171. The monoisotopic (exact) mass is 247 g/mol. The summed E-state index contributed by atoms with van der Waals surface area (Å²) in [5.74, 6) is 0. The molecule has 0 saturated carbocycles. The predicted octanol–water partition coefficient (Wildman–Crippen LogP) is 0.205. The highest BCUT2D eigenvalue weighted by atomic mass is 32.2. The zero-order valence-electron chi connectivity index (χ0n) is 9.70. The van der Waals surface area contributed by atoms with Gasteiger partial charge in [0.25, 0.3) is 10.0 Å². The van der Waals surface area contributed by atoms with Crippen molar-refractivity contribution in [1.82, 2.24) is 14.3 Å². The van der Waals surface area contributed by atoms with E-state index in [1.807, 2.05) is 0 Å². The molecule has 15 heavy (non-hydrogen) atoms. The lowest BCUT2D eigenvalue weighted by Gasteiger charge is -2.12. The van der Waals surface area contributed by atoms with Gasteiger partial charge in [-0.05, 0) is 0 Å². The molecule has 0 fully saturated rings. The van der Waals surface area contributed by atoms with E-state index in [0.717, 1.165) is 5.45 Å². The summed E-state index contributed by atoms with van der Waals surface area (Å²) in [5.41, 5.74) is 0.808. The number of aromatic amines is 1. The van der Waals surface area contributed by atoms with Gasteiger partial charge in [-0.3, -0.25) is 0 Å². The minimum Gasteiger partial charge on any atom is -0.336 e. The Balaban J connectivity index is 3.16. The number of H-pyrrole nitrogens is 1. The second-order valence-electron chi connectivity index (χ2n) is 4.63. The molecule has 5 nitrogen and oxygen atoms in total. The van der Waals surface area contributed by atoms with Crippen molar-refractivity contribution in [2.24, 2.45) is 0 Å². The third-order valence-corrected chi connectivity index (χ3v) is 5.42. The van der Waals surface area contributed by atoms with Crippen LogP contribution in [0, 0.1) is 0 Å². The Hall–Kier alpha value is -0.663. The van der Waals surface area contributed by atoms with Crippen LogP contribution in [0.4, 0.5) is 0 Å². The van der Waals surface area contributed by atoms with E-state index in [-0.39, 0.29) is 5.03 Å². The molecule has 1 aromatic rings. The molecule has 1 N–H and O–H groups in total. The largest absolute Gasteiger partial charge is 0.336 e. The van der Waals surface area contributed by atoms with Crippen LogP contribution in [-0.2, 0) is 10.0 Å². The number of hydrogen-bond acceptors (Lipinski definition) is 3. The van der Waals surface area contributed by atoms with Gasteiger partial charge in [0, 0.05) is 14.1 Å². The Kier molecular flexibility index (Phi) is 3.08. The lowest BCUT2D eigenvalue weighted by atomic mass is 11.0. The van der Waals surface area contributed by atoms with Crippen LogP contribution in [0.2, 0.25) is 19.6 Å². The van der Waals surface area contributed by atoms with E-state index in [2.05, 4.69) is 29.6 Å². The number of nitrogens with zero attached hydrogens (tertiary/aromatic N) is 2. The molecular formula is C8H17N3O2SSi. The zero-order chi connectivity index (χ0) is 11.9. The standard InChI is InChI=1S/C8H17N3O2SSi/c1-11(2)14(12,13)7-6-9-8(10-7)15(3,4)5/h6H,1-5H3,(H,9,10). The van der Waals surface area contributed by atoms with Crippen molar-refractivity contribution < 1.29 is 8.42 Å². The van der Waals surface area contributed by atoms with Gasteiger partial charge in [-0.25, -0.2) is 17.7 Å². The lowest BCUT2D eigenvalue weighted by molar-refractivity contribution is 0.517. The van der Waals surface area contributed by atoms with Gasteiger partial charge in [0.15, 0.2) is 5.03 Å². The molecule has 0 aliphatic rings. The van der Waals surface area contributed by atoms with Crippen LogP contribution in [0.5, 0.6) is 0 Å². The number of rotatable bonds is 3. The van der Waals surface area contributed by atoms with E-state index >= 15 is 0 Å². The Morgan fingerprint density at radius 1 is 1.33 bits per heavy atom. The Morgan fingerprint density at radius 3 is 2.20 bits per heavy atom. The molecule has 0 spiro atoms. The first-order valence-corrected chi connectivity index (χ1v) is 9.58. The minimum absolute atomic E-state index is 0.171. The van der Waals surface area contributed by atoms with Crippen LogP contribution < -0.4 is 5.45 Å². The molecule has 0 bridgehead atoms. The maximum Gasteiger partial charge on any atom is 0.259 e. The second-order valence-corrected chi connectivity index (χ2v) is 11.7. The third-order valence-electron chi connectivity index (χ3n) is 2.02. The van der Waals surface area contributed by atoms with E-state index in [0.29, 0.717) is 0 Å². The van der Waals surface area contributed by atoms with Gasteiger partial charge in [-0.15, -0.1) is 0 Å². The Bertz CT molecular complexity index is 445. The van der Waals surface area contributed by atoms with Crippen LogP contribution in [0.25, 0.3) is 0 Å². The van der Waals surface area contributed by atoms with E-state index < -0.39 is 18.1 Å². The number of sulfonamides is 1. The Morgan fingerprint density at radius 2 is 1.87 bits per heavy atom. The van der Waals surface area contributed by atoms with Crippen LogP contribution in [0.1, 0.15) is 0 Å². The number of hydrogen-bond donors (Lipinski definition) is 1. The summed E-state index contributed by atoms with van der Waals surface area (Å²) >= 11 is 0. The molecule has 0 aromatic carbocycles. The van der Waals surface area contributed by atoms with E-state index in [4.69, 9.17) is 0 Å². The molecule has 0 radical (unpaired) electrons. The lowest BCUT2D eigenvalue weighted by Crippen LogP contribution is -2.40. The summed E-state index contributed by atoms with van der Waals surface area (Å²) in [7, 11) is -1.95. The molecule has 7 heteroatoms. The van der Waals surface area contributed by atoms with Gasteiger partial charge < -0.3 is 4.98 Å². The molecule has 1 aromatic heterocycles. The first-order valence-electron chi connectivity index (χ1n) is 4.63. The van der Waals surface area contributed by atoms with Gasteiger partial charge in [-0.1, -0.05) is 19.6 Å². The highest BCUT2D eigenvalue weighted by Crippen LogP contribution is 2.09. The van der Waals surface area contributed by atoms with Crippen molar-refractivity contribution in [2.45, 2.75) is 24.7 Å². The predicted molar refractivity (Wildman–Crippen MR) is 62.4 cm³/mol. The summed E-state index contributed by atoms with van der Waals surface area (Å²) in [4.78, 5) is 7.03. The molecule has 1 heterocycles. The fourth-order valence-corrected chi connectivity index (χ4v) is 2.87. The topological polar surface area (TPSA) is 66.1 Å². The molecule has 0 amide bonds. The van der Waals surface area contributed by atoms with Crippen LogP contribution in [0.3, 0.4) is 0 Å². The average molecular weight is 247 g/mol. The highest BCUT2D eigenvalue weighted by Gasteiger charge is 2.25. The maximum atomic E-state index is 11.7. The summed E-state index contributed by atoms with van der Waals surface area (Å²) in [6.45, 7) is 6.33. The molecule has 0 aliphatic heterocycles. The Labute approximate surface area is 91.6 Å². The van der Waals surface area contributed by atoms with Crippen LogP contribution in [0.15, 0.2) is 11.2 Å². The molecule has 86 valence electrons. The molecule has 0 unspecified atom stereocenters. The van der Waals surface area contributed by atoms with Gasteiger partial charge >= 0.3 is 0 Å². The number of imidazole rings is 1. The van der Waals surface area contributed by atoms with Crippen molar-refractivity contribution >= 4 is 23.5 Å². The fraction of sp³-hybridized carbons (Fsp3) is 0.625. The summed E-state index contributed by atoms with van der Waals surface area (Å²) in [6.07, 6.45) is 1.39. The van der Waals surface area contributed by atoms with Crippen LogP contribution >= 0.6 is 0 Å². The van der Waals surface area contributed by atoms with Crippen molar-refractivity contribution in [3.63, 3.8) is 0 Å². The first kappa shape index (κ1) is 12.4. The van der Waals surface area contributed by atoms with Crippen molar-refractivity contribution in [3.05, 3.63) is 6.20 Å². The minimum atomic E-state index is -3.38. The smallest absolute Gasteiger partial charge is 0.259 e. The SMILES string of the molecule is CN(C)S(=O)(=O)c1cnc([Si](C)(C)C)[nH]1. The van der Waals surface area contributed by atoms with Gasteiger partial charge in [0.2, 0.25) is 0 Å². The second kappa shape index (κ2) is 3.73. The van der Waals surface area contributed by atoms with E-state index in [9.17, 15) is 8.42 Å². The molecule has 1 rings (SSSR count). The van der Waals surface area contributed by atoms with Gasteiger partial charge in [0.1, 0.15) is 8.07 Å². The quantitative estimate of drug-likeness (QED) is 0.776. The number of nitrogens with one attached hydrogen (secondary N) is 1. The third kappa shape index (κ3) is 2.47. The first-order chi connectivity index (χ1) is 6.65. The summed E-state index contributed by atoms with van der Waals surface area (Å²) in [6, 6.07) is 0. The highest BCUT2D eigenvalue weighted by molar-refractivity contribution is 7.89. The summed E-state index contributed by atoms with van der Waals surface area (Å²) < 4.78 is 24.7. The van der Waals surface area contributed by atoms with Crippen LogP contribution in [-0.4, -0.2) is 44.9 Å².